The quantitative estimate of drug-likeness (QED) is 0.585. The van der Waals surface area contributed by atoms with Gasteiger partial charge in [-0.15, -0.1) is 0 Å². The fraction of sp³-hybridized carbons (Fsp3) is 0.471. The normalized spacial score (nSPS) is 12.3. The summed E-state index contributed by atoms with van der Waals surface area (Å²) in [5.74, 6) is -0.306. The van der Waals surface area contributed by atoms with Gasteiger partial charge in [0.1, 0.15) is 0 Å². The topological polar surface area (TPSA) is 35.5 Å². The molecule has 0 aliphatic rings. The molecule has 0 unspecified atom stereocenters. The molecule has 0 aromatic heterocycles. The van der Waals surface area contributed by atoms with Crippen molar-refractivity contribution >= 4 is 12.0 Å². The third-order valence-corrected chi connectivity index (χ3v) is 2.50. The van der Waals surface area contributed by atoms with E-state index in [9.17, 15) is 4.79 Å². The maximum absolute atomic E-state index is 12.1. The number of carbonyl (C=O) groups excluding carboxylic acids is 1. The SMILES string of the molecule is CCCOC(=O)C(=Cc1ccccc1)COC(C)(C)C. The van der Waals surface area contributed by atoms with Crippen molar-refractivity contribution in [3.05, 3.63) is 41.5 Å². The highest BCUT2D eigenvalue weighted by Gasteiger charge is 2.16. The number of hydrogen-bond donors (Lipinski definition) is 0. The van der Waals surface area contributed by atoms with Crippen molar-refractivity contribution in [1.82, 2.24) is 0 Å². The van der Waals surface area contributed by atoms with E-state index in [4.69, 9.17) is 9.47 Å². The number of ether oxygens (including phenoxy) is 2. The van der Waals surface area contributed by atoms with Gasteiger partial charge in [0.25, 0.3) is 0 Å². The first-order chi connectivity index (χ1) is 9.42. The Morgan fingerprint density at radius 3 is 2.40 bits per heavy atom. The molecule has 0 saturated heterocycles. The Morgan fingerprint density at radius 2 is 1.85 bits per heavy atom. The summed E-state index contributed by atoms with van der Waals surface area (Å²) in [6.45, 7) is 8.54. The van der Waals surface area contributed by atoms with Crippen LogP contribution in [0, 0.1) is 0 Å². The molecule has 3 nitrogen and oxygen atoms in total. The molecule has 0 aliphatic carbocycles. The van der Waals surface area contributed by atoms with Gasteiger partial charge in [-0.3, -0.25) is 0 Å². The largest absolute Gasteiger partial charge is 0.462 e. The van der Waals surface area contributed by atoms with Crippen LogP contribution in [-0.4, -0.2) is 24.8 Å². The van der Waals surface area contributed by atoms with Crippen molar-refractivity contribution in [3.8, 4) is 0 Å². The van der Waals surface area contributed by atoms with Gasteiger partial charge >= 0.3 is 5.97 Å². The maximum Gasteiger partial charge on any atom is 0.336 e. The molecular formula is C17H24O3. The van der Waals surface area contributed by atoms with E-state index in [1.54, 1.807) is 0 Å². The van der Waals surface area contributed by atoms with Crippen molar-refractivity contribution in [2.75, 3.05) is 13.2 Å². The Bertz CT molecular complexity index is 441. The van der Waals surface area contributed by atoms with Crippen LogP contribution in [0.3, 0.4) is 0 Å². The average molecular weight is 276 g/mol. The Morgan fingerprint density at radius 1 is 1.20 bits per heavy atom. The van der Waals surface area contributed by atoms with Gasteiger partial charge in [0.05, 0.1) is 24.4 Å². The van der Waals surface area contributed by atoms with E-state index in [0.29, 0.717) is 12.2 Å². The Labute approximate surface area is 121 Å². The van der Waals surface area contributed by atoms with E-state index >= 15 is 0 Å². The zero-order valence-corrected chi connectivity index (χ0v) is 12.8. The molecule has 0 atom stereocenters. The molecule has 0 aliphatic heterocycles. The third-order valence-electron chi connectivity index (χ3n) is 2.50. The number of carbonyl (C=O) groups is 1. The summed E-state index contributed by atoms with van der Waals surface area (Å²) < 4.78 is 10.9. The van der Waals surface area contributed by atoms with Gasteiger partial charge in [0.2, 0.25) is 0 Å². The fourth-order valence-electron chi connectivity index (χ4n) is 1.49. The van der Waals surface area contributed by atoms with Crippen molar-refractivity contribution in [1.29, 1.82) is 0 Å². The average Bonchev–Trinajstić information content (AvgIpc) is 2.41. The summed E-state index contributed by atoms with van der Waals surface area (Å²) in [6.07, 6.45) is 2.63. The zero-order valence-electron chi connectivity index (χ0n) is 12.8. The fourth-order valence-corrected chi connectivity index (χ4v) is 1.49. The Kier molecular flexibility index (Phi) is 6.46. The van der Waals surface area contributed by atoms with Crippen LogP contribution in [0.1, 0.15) is 39.7 Å². The van der Waals surface area contributed by atoms with Gasteiger partial charge in [-0.1, -0.05) is 37.3 Å². The molecule has 0 heterocycles. The van der Waals surface area contributed by atoms with Crippen LogP contribution in [0.2, 0.25) is 0 Å². The van der Waals surface area contributed by atoms with Gasteiger partial charge in [0, 0.05) is 0 Å². The smallest absolute Gasteiger partial charge is 0.336 e. The highest BCUT2D eigenvalue weighted by atomic mass is 16.5. The van der Waals surface area contributed by atoms with Crippen LogP contribution >= 0.6 is 0 Å². The second-order valence-corrected chi connectivity index (χ2v) is 5.62. The second kappa shape index (κ2) is 7.85. The van der Waals surface area contributed by atoms with Crippen LogP contribution < -0.4 is 0 Å². The zero-order chi connectivity index (χ0) is 15.0. The molecule has 1 aromatic carbocycles. The summed E-state index contributed by atoms with van der Waals surface area (Å²) in [5.41, 5.74) is 1.22. The Balaban J connectivity index is 2.83. The molecule has 0 amide bonds. The van der Waals surface area contributed by atoms with Crippen molar-refractivity contribution in [2.24, 2.45) is 0 Å². The summed E-state index contributed by atoms with van der Waals surface area (Å²) >= 11 is 0. The van der Waals surface area contributed by atoms with E-state index in [-0.39, 0.29) is 18.2 Å². The minimum absolute atomic E-state index is 0.251. The van der Waals surface area contributed by atoms with Crippen LogP contribution in [0.5, 0.6) is 0 Å². The molecule has 0 spiro atoms. The number of benzene rings is 1. The molecule has 110 valence electrons. The van der Waals surface area contributed by atoms with Gasteiger partial charge in [0.15, 0.2) is 0 Å². The summed E-state index contributed by atoms with van der Waals surface area (Å²) in [6, 6.07) is 9.71. The van der Waals surface area contributed by atoms with E-state index in [0.717, 1.165) is 12.0 Å². The first-order valence-electron chi connectivity index (χ1n) is 6.99. The predicted molar refractivity (Wildman–Crippen MR) is 81.4 cm³/mol. The minimum atomic E-state index is -0.306. The van der Waals surface area contributed by atoms with Crippen molar-refractivity contribution in [3.63, 3.8) is 0 Å². The number of hydrogen-bond acceptors (Lipinski definition) is 3. The van der Waals surface area contributed by atoms with Crippen LogP contribution in [0.25, 0.3) is 6.08 Å². The van der Waals surface area contributed by atoms with E-state index < -0.39 is 0 Å². The monoisotopic (exact) mass is 276 g/mol. The summed E-state index contributed by atoms with van der Waals surface area (Å²) in [7, 11) is 0. The highest BCUT2D eigenvalue weighted by molar-refractivity contribution is 5.94. The molecule has 0 bridgehead atoms. The summed E-state index contributed by atoms with van der Waals surface area (Å²) in [5, 5.41) is 0. The minimum Gasteiger partial charge on any atom is -0.462 e. The third kappa shape index (κ3) is 6.53. The Hall–Kier alpha value is -1.61. The molecule has 0 radical (unpaired) electrons. The molecule has 0 N–H and O–H groups in total. The van der Waals surface area contributed by atoms with Gasteiger partial charge < -0.3 is 9.47 Å². The number of rotatable bonds is 6. The van der Waals surface area contributed by atoms with Crippen LogP contribution in [-0.2, 0) is 14.3 Å². The molecular weight excluding hydrogens is 252 g/mol. The molecule has 0 fully saturated rings. The lowest BCUT2D eigenvalue weighted by atomic mass is 10.1. The second-order valence-electron chi connectivity index (χ2n) is 5.62. The molecule has 1 aromatic rings. The lowest BCUT2D eigenvalue weighted by molar-refractivity contribution is -0.140. The first kappa shape index (κ1) is 16.4. The van der Waals surface area contributed by atoms with Crippen molar-refractivity contribution in [2.45, 2.75) is 39.7 Å². The van der Waals surface area contributed by atoms with E-state index in [2.05, 4.69) is 0 Å². The first-order valence-corrected chi connectivity index (χ1v) is 6.99. The van der Waals surface area contributed by atoms with Crippen molar-refractivity contribution < 1.29 is 14.3 Å². The van der Waals surface area contributed by atoms with Gasteiger partial charge in [-0.05, 0) is 38.8 Å². The molecule has 3 heteroatoms. The maximum atomic E-state index is 12.1. The van der Waals surface area contributed by atoms with E-state index in [1.165, 1.54) is 0 Å². The van der Waals surface area contributed by atoms with Gasteiger partial charge in [-0.25, -0.2) is 4.79 Å². The molecule has 0 saturated carbocycles. The number of esters is 1. The lowest BCUT2D eigenvalue weighted by Gasteiger charge is -2.20. The lowest BCUT2D eigenvalue weighted by Crippen LogP contribution is -2.23. The van der Waals surface area contributed by atoms with Gasteiger partial charge in [-0.2, -0.15) is 0 Å². The summed E-state index contributed by atoms with van der Waals surface area (Å²) in [4.78, 5) is 12.1. The predicted octanol–water partition coefficient (Wildman–Crippen LogP) is 3.84. The van der Waals surface area contributed by atoms with Crippen LogP contribution in [0.15, 0.2) is 35.9 Å². The standard InChI is InChI=1S/C17H24O3/c1-5-11-19-16(18)15(13-20-17(2,3)4)12-14-9-7-6-8-10-14/h6-10,12H,5,11,13H2,1-4H3. The molecule has 1 rings (SSSR count). The van der Waals surface area contributed by atoms with Crippen LogP contribution in [0.4, 0.5) is 0 Å². The van der Waals surface area contributed by atoms with E-state index in [1.807, 2.05) is 64.1 Å². The molecule has 20 heavy (non-hydrogen) atoms. The highest BCUT2D eigenvalue weighted by Crippen LogP contribution is 2.14.